The minimum Gasteiger partial charge on any atom is -0.490 e. The third kappa shape index (κ3) is 4.27. The van der Waals surface area contributed by atoms with E-state index in [4.69, 9.17) is 31.1 Å². The third-order valence-electron chi connectivity index (χ3n) is 3.56. The Morgan fingerprint density at radius 2 is 2.04 bits per heavy atom. The van der Waals surface area contributed by atoms with Gasteiger partial charge in [0, 0.05) is 5.56 Å². The van der Waals surface area contributed by atoms with Crippen molar-refractivity contribution >= 4 is 29.5 Å². The molecule has 2 aromatic carbocycles. The predicted molar refractivity (Wildman–Crippen MR) is 101 cm³/mol. The number of halogens is 1. The largest absolute Gasteiger partial charge is 0.490 e. The summed E-state index contributed by atoms with van der Waals surface area (Å²) in [6.07, 6.45) is 1.56. The summed E-state index contributed by atoms with van der Waals surface area (Å²) in [4.78, 5) is 16.4. The number of hydrogen-bond donors (Lipinski definition) is 0. The molecule has 6 nitrogen and oxygen atoms in total. The Balaban J connectivity index is 1.95. The molecule has 7 heteroatoms. The molecule has 1 aliphatic heterocycles. The summed E-state index contributed by atoms with van der Waals surface area (Å²) in [5, 5.41) is 8.96. The number of cyclic esters (lactones) is 1. The van der Waals surface area contributed by atoms with Gasteiger partial charge in [0.2, 0.25) is 5.90 Å². The van der Waals surface area contributed by atoms with Gasteiger partial charge in [0.25, 0.3) is 0 Å². The Labute approximate surface area is 161 Å². The highest BCUT2D eigenvalue weighted by atomic mass is 35.5. The van der Waals surface area contributed by atoms with Crippen LogP contribution in [0.5, 0.6) is 11.5 Å². The Bertz CT molecular complexity index is 962. The molecular weight excluding hydrogens is 368 g/mol. The van der Waals surface area contributed by atoms with Crippen molar-refractivity contribution in [2.24, 2.45) is 4.99 Å². The minimum atomic E-state index is -0.548. The van der Waals surface area contributed by atoms with Crippen molar-refractivity contribution in [2.45, 2.75) is 6.92 Å². The first-order valence-electron chi connectivity index (χ1n) is 8.16. The van der Waals surface area contributed by atoms with Gasteiger partial charge in [-0.1, -0.05) is 29.8 Å². The maximum absolute atomic E-state index is 12.1. The summed E-state index contributed by atoms with van der Waals surface area (Å²) >= 11 is 6.26. The fourth-order valence-corrected chi connectivity index (χ4v) is 2.72. The van der Waals surface area contributed by atoms with Crippen molar-refractivity contribution in [3.63, 3.8) is 0 Å². The van der Waals surface area contributed by atoms with Crippen molar-refractivity contribution in [1.29, 1.82) is 5.26 Å². The van der Waals surface area contributed by atoms with Crippen molar-refractivity contribution in [2.75, 3.05) is 13.2 Å². The van der Waals surface area contributed by atoms with Gasteiger partial charge in [0.05, 0.1) is 11.6 Å². The minimum absolute atomic E-state index is 0.151. The fourth-order valence-electron chi connectivity index (χ4n) is 2.45. The van der Waals surface area contributed by atoms with Gasteiger partial charge in [-0.25, -0.2) is 9.79 Å². The Morgan fingerprint density at radius 3 is 2.74 bits per heavy atom. The molecule has 0 amide bonds. The number of carbonyl (C=O) groups excluding carboxylic acids is 1. The van der Waals surface area contributed by atoms with E-state index >= 15 is 0 Å². The maximum Gasteiger partial charge on any atom is 0.363 e. The Morgan fingerprint density at radius 1 is 1.26 bits per heavy atom. The van der Waals surface area contributed by atoms with Crippen LogP contribution in [0.3, 0.4) is 0 Å². The van der Waals surface area contributed by atoms with E-state index in [0.29, 0.717) is 23.5 Å². The molecule has 136 valence electrons. The van der Waals surface area contributed by atoms with Crippen LogP contribution in [0, 0.1) is 11.3 Å². The van der Waals surface area contributed by atoms with E-state index in [2.05, 4.69) is 4.99 Å². The summed E-state index contributed by atoms with van der Waals surface area (Å²) in [5.74, 6) is 0.361. The number of nitriles is 1. The van der Waals surface area contributed by atoms with Crippen LogP contribution in [0.4, 0.5) is 0 Å². The molecule has 0 saturated heterocycles. The summed E-state index contributed by atoms with van der Waals surface area (Å²) in [7, 11) is 0. The maximum atomic E-state index is 12.1. The van der Waals surface area contributed by atoms with Crippen molar-refractivity contribution in [1.82, 2.24) is 0 Å². The highest BCUT2D eigenvalue weighted by Gasteiger charge is 2.24. The number of carbonyl (C=O) groups is 1. The SMILES string of the molecule is CCOc1cc(/C=C2/N=C(c3ccccc3)OC2=O)cc(Cl)c1OCC#N. The van der Waals surface area contributed by atoms with Crippen LogP contribution in [-0.2, 0) is 9.53 Å². The van der Waals surface area contributed by atoms with Crippen LogP contribution in [-0.4, -0.2) is 25.1 Å². The van der Waals surface area contributed by atoms with Crippen LogP contribution >= 0.6 is 11.6 Å². The molecule has 0 atom stereocenters. The predicted octanol–water partition coefficient (Wildman–Crippen LogP) is 3.99. The molecule has 0 unspecified atom stereocenters. The molecule has 0 spiro atoms. The first kappa shape index (κ1) is 18.5. The summed E-state index contributed by atoms with van der Waals surface area (Å²) in [6, 6.07) is 14.3. The fraction of sp³-hybridized carbons (Fsp3) is 0.150. The van der Waals surface area contributed by atoms with Crippen LogP contribution in [0.1, 0.15) is 18.1 Å². The topological polar surface area (TPSA) is 80.9 Å². The van der Waals surface area contributed by atoms with E-state index in [-0.39, 0.29) is 29.0 Å². The molecule has 0 aromatic heterocycles. The smallest absolute Gasteiger partial charge is 0.363 e. The lowest BCUT2D eigenvalue weighted by Gasteiger charge is -2.12. The molecule has 2 aromatic rings. The molecule has 0 fully saturated rings. The summed E-state index contributed by atoms with van der Waals surface area (Å²) in [6.45, 7) is 2.05. The van der Waals surface area contributed by atoms with Gasteiger partial charge in [-0.05, 0) is 42.8 Å². The van der Waals surface area contributed by atoms with Crippen LogP contribution in [0.25, 0.3) is 6.08 Å². The van der Waals surface area contributed by atoms with E-state index in [9.17, 15) is 4.79 Å². The van der Waals surface area contributed by atoms with Crippen LogP contribution in [0.2, 0.25) is 5.02 Å². The molecule has 3 rings (SSSR count). The zero-order valence-corrected chi connectivity index (χ0v) is 15.2. The Hall–Kier alpha value is -3.30. The lowest BCUT2D eigenvalue weighted by atomic mass is 10.1. The number of benzene rings is 2. The van der Waals surface area contributed by atoms with E-state index in [0.717, 1.165) is 0 Å². The zero-order chi connectivity index (χ0) is 19.2. The summed E-state index contributed by atoms with van der Waals surface area (Å²) in [5.41, 5.74) is 1.46. The lowest BCUT2D eigenvalue weighted by Crippen LogP contribution is -2.05. The van der Waals surface area contributed by atoms with Gasteiger partial charge in [0.15, 0.2) is 23.8 Å². The third-order valence-corrected chi connectivity index (χ3v) is 3.84. The number of ether oxygens (including phenoxy) is 3. The lowest BCUT2D eigenvalue weighted by molar-refractivity contribution is -0.129. The van der Waals surface area contributed by atoms with Crippen LogP contribution < -0.4 is 9.47 Å². The number of aliphatic imine (C=N–C) groups is 1. The molecule has 0 N–H and O–H groups in total. The monoisotopic (exact) mass is 382 g/mol. The van der Waals surface area contributed by atoms with Gasteiger partial charge < -0.3 is 14.2 Å². The van der Waals surface area contributed by atoms with Gasteiger partial charge in [-0.3, -0.25) is 0 Å². The highest BCUT2D eigenvalue weighted by molar-refractivity contribution is 6.32. The number of hydrogen-bond acceptors (Lipinski definition) is 6. The van der Waals surface area contributed by atoms with Gasteiger partial charge in [-0.15, -0.1) is 0 Å². The average molecular weight is 383 g/mol. The molecule has 0 aliphatic carbocycles. The molecule has 1 heterocycles. The molecule has 27 heavy (non-hydrogen) atoms. The molecule has 1 aliphatic rings. The highest BCUT2D eigenvalue weighted by Crippen LogP contribution is 2.37. The number of rotatable bonds is 6. The van der Waals surface area contributed by atoms with Crippen molar-refractivity contribution in [3.05, 3.63) is 64.3 Å². The molecule has 0 radical (unpaired) electrons. The second-order valence-corrected chi connectivity index (χ2v) is 5.82. The van der Waals surface area contributed by atoms with Crippen LogP contribution in [0.15, 0.2) is 53.2 Å². The van der Waals surface area contributed by atoms with E-state index in [1.54, 1.807) is 30.3 Å². The van der Waals surface area contributed by atoms with E-state index < -0.39 is 5.97 Å². The second kappa shape index (κ2) is 8.39. The molecular formula is C20H15ClN2O4. The molecule has 0 bridgehead atoms. The quantitative estimate of drug-likeness (QED) is 0.557. The Kier molecular flexibility index (Phi) is 5.74. The van der Waals surface area contributed by atoms with Gasteiger partial charge >= 0.3 is 5.97 Å². The first-order valence-corrected chi connectivity index (χ1v) is 8.54. The van der Waals surface area contributed by atoms with Gasteiger partial charge in [0.1, 0.15) is 6.07 Å². The number of nitrogens with zero attached hydrogens (tertiary/aromatic N) is 2. The van der Waals surface area contributed by atoms with Gasteiger partial charge in [-0.2, -0.15) is 5.26 Å². The average Bonchev–Trinajstić information content (AvgIpc) is 3.03. The van der Waals surface area contributed by atoms with Crippen molar-refractivity contribution < 1.29 is 19.0 Å². The molecule has 0 saturated carbocycles. The normalized spacial score (nSPS) is 14.5. The van der Waals surface area contributed by atoms with Crippen molar-refractivity contribution in [3.8, 4) is 17.6 Å². The summed E-state index contributed by atoms with van der Waals surface area (Å²) < 4.78 is 16.1. The number of esters is 1. The van der Waals surface area contributed by atoms with E-state index in [1.807, 2.05) is 31.2 Å². The second-order valence-electron chi connectivity index (χ2n) is 5.41. The standard InChI is InChI=1S/C20H15ClN2O4/c1-2-25-17-12-13(10-15(21)18(17)26-9-8-22)11-16-20(24)27-19(23-16)14-6-4-3-5-7-14/h3-7,10-12H,2,9H2,1H3/b16-11+. The first-order chi connectivity index (χ1) is 13.1. The zero-order valence-electron chi connectivity index (χ0n) is 14.4. The van der Waals surface area contributed by atoms with E-state index in [1.165, 1.54) is 0 Å².